The Hall–Kier alpha value is -1.43. The number of halogens is 2. The highest BCUT2D eigenvalue weighted by Gasteiger charge is 2.18. The first-order valence-corrected chi connectivity index (χ1v) is 6.98. The molecule has 2 aromatic rings. The van der Waals surface area contributed by atoms with E-state index in [1.807, 2.05) is 24.3 Å². The average Bonchev–Trinajstić information content (AvgIpc) is 2.48. The van der Waals surface area contributed by atoms with Crippen molar-refractivity contribution in [3.8, 4) is 5.75 Å². The Balaban J connectivity index is 2.31. The fourth-order valence-electron chi connectivity index (χ4n) is 2.14. The molecule has 2 rings (SSSR count). The van der Waals surface area contributed by atoms with Crippen molar-refractivity contribution < 1.29 is 9.13 Å². The van der Waals surface area contributed by atoms with Crippen LogP contribution >= 0.6 is 15.9 Å². The van der Waals surface area contributed by atoms with Gasteiger partial charge in [-0.05, 0) is 40.0 Å². The first-order chi connectivity index (χ1) is 9.67. The van der Waals surface area contributed by atoms with Crippen LogP contribution in [0.3, 0.4) is 0 Å². The van der Waals surface area contributed by atoms with E-state index in [1.54, 1.807) is 25.3 Å². The SMILES string of the molecule is COc1ccccc1CC(NN)c1cccc(Br)c1F. The van der Waals surface area contributed by atoms with Gasteiger partial charge >= 0.3 is 0 Å². The van der Waals surface area contributed by atoms with Crippen LogP contribution in [0.15, 0.2) is 46.9 Å². The Morgan fingerprint density at radius 1 is 1.25 bits per heavy atom. The molecule has 0 saturated heterocycles. The van der Waals surface area contributed by atoms with Crippen molar-refractivity contribution in [1.29, 1.82) is 0 Å². The summed E-state index contributed by atoms with van der Waals surface area (Å²) in [5, 5.41) is 0. The number of hydrogen-bond acceptors (Lipinski definition) is 3. The summed E-state index contributed by atoms with van der Waals surface area (Å²) in [4.78, 5) is 0. The second-order valence-corrected chi connectivity index (χ2v) is 5.23. The van der Waals surface area contributed by atoms with Crippen LogP contribution in [0.4, 0.5) is 4.39 Å². The molecule has 0 aliphatic carbocycles. The number of ether oxygens (including phenoxy) is 1. The largest absolute Gasteiger partial charge is 0.496 e. The molecule has 5 heteroatoms. The van der Waals surface area contributed by atoms with Crippen molar-refractivity contribution in [1.82, 2.24) is 5.43 Å². The summed E-state index contributed by atoms with van der Waals surface area (Å²) in [7, 11) is 1.61. The molecule has 0 heterocycles. The summed E-state index contributed by atoms with van der Waals surface area (Å²) in [5.74, 6) is 6.06. The highest BCUT2D eigenvalue weighted by atomic mass is 79.9. The van der Waals surface area contributed by atoms with Gasteiger partial charge in [0.15, 0.2) is 0 Å². The lowest BCUT2D eigenvalue weighted by atomic mass is 9.98. The van der Waals surface area contributed by atoms with Crippen LogP contribution in [0, 0.1) is 5.82 Å². The zero-order valence-corrected chi connectivity index (χ0v) is 12.7. The number of rotatable bonds is 5. The Kier molecular flexibility index (Phi) is 5.11. The number of hydrazine groups is 1. The van der Waals surface area contributed by atoms with Crippen molar-refractivity contribution in [2.75, 3.05) is 7.11 Å². The molecule has 0 fully saturated rings. The third-order valence-electron chi connectivity index (χ3n) is 3.17. The van der Waals surface area contributed by atoms with Crippen molar-refractivity contribution in [2.45, 2.75) is 12.5 Å². The number of hydrogen-bond donors (Lipinski definition) is 2. The molecule has 0 aliphatic heterocycles. The molecule has 0 radical (unpaired) electrons. The van der Waals surface area contributed by atoms with Gasteiger partial charge in [-0.2, -0.15) is 0 Å². The number of methoxy groups -OCH3 is 1. The van der Waals surface area contributed by atoms with E-state index in [0.29, 0.717) is 16.5 Å². The van der Waals surface area contributed by atoms with Crippen LogP contribution in [0.25, 0.3) is 0 Å². The first kappa shape index (κ1) is 15.0. The first-order valence-electron chi connectivity index (χ1n) is 6.19. The van der Waals surface area contributed by atoms with Gasteiger partial charge in [-0.15, -0.1) is 0 Å². The maximum atomic E-state index is 14.2. The molecule has 20 heavy (non-hydrogen) atoms. The quantitative estimate of drug-likeness (QED) is 0.649. The van der Waals surface area contributed by atoms with E-state index >= 15 is 0 Å². The zero-order valence-electron chi connectivity index (χ0n) is 11.1. The van der Waals surface area contributed by atoms with Gasteiger partial charge in [0.2, 0.25) is 0 Å². The van der Waals surface area contributed by atoms with Gasteiger partial charge in [-0.25, -0.2) is 4.39 Å². The molecule has 3 nitrogen and oxygen atoms in total. The fourth-order valence-corrected chi connectivity index (χ4v) is 2.52. The second kappa shape index (κ2) is 6.83. The van der Waals surface area contributed by atoms with E-state index in [0.717, 1.165) is 11.3 Å². The van der Waals surface area contributed by atoms with E-state index in [-0.39, 0.29) is 11.9 Å². The van der Waals surface area contributed by atoms with Crippen LogP contribution in [0.1, 0.15) is 17.2 Å². The van der Waals surface area contributed by atoms with Crippen molar-refractivity contribution >= 4 is 15.9 Å². The van der Waals surface area contributed by atoms with E-state index in [2.05, 4.69) is 21.4 Å². The van der Waals surface area contributed by atoms with E-state index in [4.69, 9.17) is 10.6 Å². The summed E-state index contributed by atoms with van der Waals surface area (Å²) in [5.41, 5.74) is 4.16. The molecular formula is C15H16BrFN2O. The van der Waals surface area contributed by atoms with E-state index in [1.165, 1.54) is 0 Å². The standard InChI is InChI=1S/C15H16BrFN2O/c1-20-14-8-3-2-5-10(14)9-13(19-18)11-6-4-7-12(16)15(11)17/h2-8,13,19H,9,18H2,1H3. The van der Waals surface area contributed by atoms with Crippen LogP contribution in [-0.4, -0.2) is 7.11 Å². The summed E-state index contributed by atoms with van der Waals surface area (Å²) in [6, 6.07) is 12.5. The van der Waals surface area contributed by atoms with Gasteiger partial charge in [-0.3, -0.25) is 11.3 Å². The third kappa shape index (κ3) is 3.17. The van der Waals surface area contributed by atoms with Crippen LogP contribution in [0.2, 0.25) is 0 Å². The van der Waals surface area contributed by atoms with Gasteiger partial charge < -0.3 is 4.74 Å². The van der Waals surface area contributed by atoms with Gasteiger partial charge in [0.1, 0.15) is 11.6 Å². The normalized spacial score (nSPS) is 12.2. The molecule has 3 N–H and O–H groups in total. The lowest BCUT2D eigenvalue weighted by Gasteiger charge is -2.19. The summed E-state index contributed by atoms with van der Waals surface area (Å²) in [6.45, 7) is 0. The lowest BCUT2D eigenvalue weighted by Crippen LogP contribution is -2.30. The monoisotopic (exact) mass is 338 g/mol. The molecular weight excluding hydrogens is 323 g/mol. The summed E-state index contributed by atoms with van der Waals surface area (Å²) in [6.07, 6.45) is 0.536. The minimum atomic E-state index is -0.330. The molecule has 0 spiro atoms. The average molecular weight is 339 g/mol. The molecule has 0 aliphatic rings. The Bertz CT molecular complexity index is 592. The molecule has 2 aromatic carbocycles. The Morgan fingerprint density at radius 3 is 2.70 bits per heavy atom. The minimum absolute atomic E-state index is 0.301. The third-order valence-corrected chi connectivity index (χ3v) is 3.79. The summed E-state index contributed by atoms with van der Waals surface area (Å²) >= 11 is 3.19. The van der Waals surface area contributed by atoms with E-state index in [9.17, 15) is 4.39 Å². The lowest BCUT2D eigenvalue weighted by molar-refractivity contribution is 0.404. The highest BCUT2D eigenvalue weighted by Crippen LogP contribution is 2.28. The predicted molar refractivity (Wildman–Crippen MR) is 80.9 cm³/mol. The van der Waals surface area contributed by atoms with Crippen molar-refractivity contribution in [3.63, 3.8) is 0 Å². The molecule has 1 atom stereocenters. The number of nitrogens with two attached hydrogens (primary N) is 1. The molecule has 0 amide bonds. The van der Waals surface area contributed by atoms with Crippen molar-refractivity contribution in [3.05, 3.63) is 63.9 Å². The Labute approximate surface area is 126 Å². The maximum Gasteiger partial charge on any atom is 0.142 e. The van der Waals surface area contributed by atoms with Gasteiger partial charge in [0.25, 0.3) is 0 Å². The topological polar surface area (TPSA) is 47.3 Å². The zero-order chi connectivity index (χ0) is 14.5. The van der Waals surface area contributed by atoms with E-state index < -0.39 is 0 Å². The maximum absolute atomic E-state index is 14.2. The van der Waals surface area contributed by atoms with Gasteiger partial charge in [-0.1, -0.05) is 30.3 Å². The molecule has 0 aromatic heterocycles. The number of para-hydroxylation sites is 1. The predicted octanol–water partition coefficient (Wildman–Crippen LogP) is 3.34. The molecule has 0 saturated carbocycles. The van der Waals surface area contributed by atoms with Gasteiger partial charge in [0, 0.05) is 5.56 Å². The van der Waals surface area contributed by atoms with Crippen molar-refractivity contribution in [2.24, 2.45) is 5.84 Å². The van der Waals surface area contributed by atoms with Crippen LogP contribution in [0.5, 0.6) is 5.75 Å². The highest BCUT2D eigenvalue weighted by molar-refractivity contribution is 9.10. The molecule has 106 valence electrons. The molecule has 0 bridgehead atoms. The van der Waals surface area contributed by atoms with Gasteiger partial charge in [0.05, 0.1) is 17.6 Å². The van der Waals surface area contributed by atoms with Crippen LogP contribution in [-0.2, 0) is 6.42 Å². The van der Waals surface area contributed by atoms with Crippen LogP contribution < -0.4 is 16.0 Å². The fraction of sp³-hybridized carbons (Fsp3) is 0.200. The number of benzene rings is 2. The Morgan fingerprint density at radius 2 is 2.00 bits per heavy atom. The second-order valence-electron chi connectivity index (χ2n) is 4.38. The summed E-state index contributed by atoms with van der Waals surface area (Å²) < 4.78 is 19.9. The molecule has 1 unspecified atom stereocenters. The number of nitrogens with one attached hydrogen (secondary N) is 1. The minimum Gasteiger partial charge on any atom is -0.496 e. The smallest absolute Gasteiger partial charge is 0.142 e.